The molecule has 1 aliphatic heterocycles. The lowest BCUT2D eigenvalue weighted by molar-refractivity contribution is 0.137. The number of hydrogen-bond acceptors (Lipinski definition) is 5. The number of fused-ring (bicyclic) bond motifs is 1. The van der Waals surface area contributed by atoms with Crippen LogP contribution in [0.5, 0.6) is 0 Å². The number of pyridine rings is 1. The van der Waals surface area contributed by atoms with Crippen molar-refractivity contribution in [3.63, 3.8) is 0 Å². The predicted molar refractivity (Wildman–Crippen MR) is 89.5 cm³/mol. The van der Waals surface area contributed by atoms with Crippen molar-refractivity contribution < 1.29 is 9.84 Å². The number of rotatable bonds is 7. The maximum atomic E-state index is 9.08. The zero-order valence-corrected chi connectivity index (χ0v) is 13.8. The van der Waals surface area contributed by atoms with Crippen molar-refractivity contribution in [3.05, 3.63) is 24.3 Å². The first-order valence-electron chi connectivity index (χ1n) is 8.54. The van der Waals surface area contributed by atoms with E-state index in [1.807, 2.05) is 19.2 Å². The van der Waals surface area contributed by atoms with Crippen LogP contribution in [0.4, 0.5) is 0 Å². The lowest BCUT2D eigenvalue weighted by Gasteiger charge is -2.31. The Hall–Kier alpha value is -1.50. The van der Waals surface area contributed by atoms with Gasteiger partial charge in [-0.1, -0.05) is 0 Å². The summed E-state index contributed by atoms with van der Waals surface area (Å²) in [7, 11) is 0. The minimum absolute atomic E-state index is 0.239. The molecule has 0 unspecified atom stereocenters. The Balaban J connectivity index is 1.80. The standard InChI is InChI=1S/C17H26N4O2/c1-2-23-12-10-21-16-13-18-6-3-15(16)19-17(21)14-4-7-20(8-5-14)9-11-22/h3,6,13-14,22H,2,4-5,7-12H2,1H3. The fourth-order valence-corrected chi connectivity index (χ4v) is 3.39. The zero-order chi connectivity index (χ0) is 16.1. The van der Waals surface area contributed by atoms with Crippen molar-refractivity contribution in [2.24, 2.45) is 0 Å². The van der Waals surface area contributed by atoms with Crippen molar-refractivity contribution >= 4 is 11.0 Å². The fourth-order valence-electron chi connectivity index (χ4n) is 3.39. The molecule has 2 aromatic rings. The molecule has 0 amide bonds. The third kappa shape index (κ3) is 3.71. The number of hydrogen-bond donors (Lipinski definition) is 1. The summed E-state index contributed by atoms with van der Waals surface area (Å²) < 4.78 is 7.82. The molecule has 6 heteroatoms. The van der Waals surface area contributed by atoms with Crippen LogP contribution in [0, 0.1) is 0 Å². The second kappa shape index (κ2) is 7.86. The molecule has 0 radical (unpaired) electrons. The molecular weight excluding hydrogens is 292 g/mol. The van der Waals surface area contributed by atoms with Gasteiger partial charge in [-0.15, -0.1) is 0 Å². The molecule has 126 valence electrons. The fraction of sp³-hybridized carbons (Fsp3) is 0.647. The lowest BCUT2D eigenvalue weighted by atomic mass is 9.96. The molecule has 0 saturated carbocycles. The van der Waals surface area contributed by atoms with Crippen LogP contribution in [-0.4, -0.2) is 64.0 Å². The van der Waals surface area contributed by atoms with E-state index in [-0.39, 0.29) is 6.61 Å². The minimum Gasteiger partial charge on any atom is -0.395 e. The average Bonchev–Trinajstić information content (AvgIpc) is 2.95. The number of aromatic nitrogens is 3. The summed E-state index contributed by atoms with van der Waals surface area (Å²) in [5.41, 5.74) is 2.12. The molecule has 3 rings (SSSR count). The molecule has 0 bridgehead atoms. The number of nitrogens with zero attached hydrogens (tertiary/aromatic N) is 4. The molecule has 1 fully saturated rings. The smallest absolute Gasteiger partial charge is 0.113 e. The van der Waals surface area contributed by atoms with Gasteiger partial charge in [0.1, 0.15) is 5.82 Å². The lowest BCUT2D eigenvalue weighted by Crippen LogP contribution is -2.35. The Labute approximate surface area is 137 Å². The molecular formula is C17H26N4O2. The first-order chi connectivity index (χ1) is 11.3. The molecule has 0 atom stereocenters. The molecule has 0 aliphatic carbocycles. The highest BCUT2D eigenvalue weighted by Crippen LogP contribution is 2.29. The molecule has 1 saturated heterocycles. The Bertz CT molecular complexity index is 620. The summed E-state index contributed by atoms with van der Waals surface area (Å²) in [5, 5.41) is 9.08. The highest BCUT2D eigenvalue weighted by molar-refractivity contribution is 5.74. The number of likely N-dealkylation sites (tertiary alicyclic amines) is 1. The minimum atomic E-state index is 0.239. The van der Waals surface area contributed by atoms with Gasteiger partial charge in [0.05, 0.1) is 30.4 Å². The Kier molecular flexibility index (Phi) is 5.59. The van der Waals surface area contributed by atoms with Crippen LogP contribution in [0.15, 0.2) is 18.5 Å². The monoisotopic (exact) mass is 318 g/mol. The van der Waals surface area contributed by atoms with E-state index in [1.54, 1.807) is 6.20 Å². The van der Waals surface area contributed by atoms with Gasteiger partial charge in [-0.05, 0) is 38.9 Å². The maximum Gasteiger partial charge on any atom is 0.113 e. The van der Waals surface area contributed by atoms with E-state index in [1.165, 1.54) is 0 Å². The second-order valence-electron chi connectivity index (χ2n) is 6.02. The summed E-state index contributed by atoms with van der Waals surface area (Å²) in [5.74, 6) is 1.63. The van der Waals surface area contributed by atoms with Gasteiger partial charge >= 0.3 is 0 Å². The Morgan fingerprint density at radius 2 is 2.13 bits per heavy atom. The van der Waals surface area contributed by atoms with Crippen LogP contribution >= 0.6 is 0 Å². The molecule has 1 aliphatic rings. The summed E-state index contributed by atoms with van der Waals surface area (Å²) >= 11 is 0. The van der Waals surface area contributed by atoms with Gasteiger partial charge < -0.3 is 19.3 Å². The van der Waals surface area contributed by atoms with Crippen LogP contribution in [0.1, 0.15) is 31.5 Å². The van der Waals surface area contributed by atoms with Gasteiger partial charge in [0.25, 0.3) is 0 Å². The first kappa shape index (κ1) is 16.4. The van der Waals surface area contributed by atoms with Crippen LogP contribution in [0.3, 0.4) is 0 Å². The van der Waals surface area contributed by atoms with Crippen molar-refractivity contribution in [1.82, 2.24) is 19.4 Å². The van der Waals surface area contributed by atoms with E-state index in [0.29, 0.717) is 12.5 Å². The van der Waals surface area contributed by atoms with Crippen LogP contribution < -0.4 is 0 Å². The van der Waals surface area contributed by atoms with Crippen molar-refractivity contribution in [2.45, 2.75) is 32.2 Å². The zero-order valence-electron chi connectivity index (χ0n) is 13.8. The van der Waals surface area contributed by atoms with Gasteiger partial charge in [0.2, 0.25) is 0 Å². The van der Waals surface area contributed by atoms with Crippen LogP contribution in [0.25, 0.3) is 11.0 Å². The van der Waals surface area contributed by atoms with Gasteiger partial charge in [-0.3, -0.25) is 4.98 Å². The predicted octanol–water partition coefficient (Wildman–Crippen LogP) is 1.64. The van der Waals surface area contributed by atoms with Crippen LogP contribution in [0.2, 0.25) is 0 Å². The topological polar surface area (TPSA) is 63.4 Å². The number of aliphatic hydroxyl groups is 1. The summed E-state index contributed by atoms with van der Waals surface area (Å²) in [4.78, 5) is 11.5. The summed E-state index contributed by atoms with van der Waals surface area (Å²) in [6, 6.07) is 1.98. The first-order valence-corrected chi connectivity index (χ1v) is 8.54. The SMILES string of the molecule is CCOCCn1c(C2CCN(CCO)CC2)nc2ccncc21. The third-order valence-electron chi connectivity index (χ3n) is 4.61. The van der Waals surface area contributed by atoms with Crippen molar-refractivity contribution in [2.75, 3.05) is 39.5 Å². The number of β-amino-alcohol motifs (C(OH)–C–C–N with tert-alkyl or cyclic N) is 1. The molecule has 0 spiro atoms. The third-order valence-corrected chi connectivity index (χ3v) is 4.61. The molecule has 0 aromatic carbocycles. The van der Waals surface area contributed by atoms with E-state index in [9.17, 15) is 0 Å². The highest BCUT2D eigenvalue weighted by atomic mass is 16.5. The summed E-state index contributed by atoms with van der Waals surface area (Å²) in [6.45, 7) is 7.34. The number of aliphatic hydroxyl groups excluding tert-OH is 1. The quantitative estimate of drug-likeness (QED) is 0.786. The normalized spacial score (nSPS) is 17.1. The van der Waals surface area contributed by atoms with E-state index >= 15 is 0 Å². The highest BCUT2D eigenvalue weighted by Gasteiger charge is 2.25. The van der Waals surface area contributed by atoms with Crippen molar-refractivity contribution in [1.29, 1.82) is 0 Å². The van der Waals surface area contributed by atoms with E-state index in [0.717, 1.165) is 62.5 Å². The molecule has 2 aromatic heterocycles. The van der Waals surface area contributed by atoms with E-state index < -0.39 is 0 Å². The van der Waals surface area contributed by atoms with Gasteiger partial charge in [-0.25, -0.2) is 4.98 Å². The number of ether oxygens (including phenoxy) is 1. The largest absolute Gasteiger partial charge is 0.395 e. The van der Waals surface area contributed by atoms with Gasteiger partial charge in [0, 0.05) is 31.8 Å². The molecule has 6 nitrogen and oxygen atoms in total. The molecule has 23 heavy (non-hydrogen) atoms. The van der Waals surface area contributed by atoms with E-state index in [4.69, 9.17) is 14.8 Å². The Morgan fingerprint density at radius 1 is 1.30 bits per heavy atom. The number of imidazole rings is 1. The second-order valence-corrected chi connectivity index (χ2v) is 6.02. The van der Waals surface area contributed by atoms with E-state index in [2.05, 4.69) is 14.5 Å². The summed E-state index contributed by atoms with van der Waals surface area (Å²) in [6.07, 6.45) is 5.88. The molecule has 3 heterocycles. The van der Waals surface area contributed by atoms with Crippen LogP contribution in [-0.2, 0) is 11.3 Å². The molecule has 1 N–H and O–H groups in total. The van der Waals surface area contributed by atoms with Crippen molar-refractivity contribution in [3.8, 4) is 0 Å². The average molecular weight is 318 g/mol. The number of piperidine rings is 1. The Morgan fingerprint density at radius 3 is 2.87 bits per heavy atom. The van der Waals surface area contributed by atoms with Gasteiger partial charge in [-0.2, -0.15) is 0 Å². The maximum absolute atomic E-state index is 9.08. The van der Waals surface area contributed by atoms with Gasteiger partial charge in [0.15, 0.2) is 0 Å².